The lowest BCUT2D eigenvalue weighted by Crippen LogP contribution is -2.29. The molecule has 26 heavy (non-hydrogen) atoms. The van der Waals surface area contributed by atoms with Crippen molar-refractivity contribution in [1.29, 1.82) is 0 Å². The zero-order valence-corrected chi connectivity index (χ0v) is 15.3. The van der Waals surface area contributed by atoms with Crippen molar-refractivity contribution in [2.24, 2.45) is 5.92 Å². The Morgan fingerprint density at radius 1 is 1.23 bits per heavy atom. The Morgan fingerprint density at radius 2 is 2.12 bits per heavy atom. The maximum absolute atomic E-state index is 6.06. The highest BCUT2D eigenvalue weighted by molar-refractivity contribution is 5.66. The zero-order chi connectivity index (χ0) is 17.8. The molecule has 2 aliphatic rings. The number of nitrogens with one attached hydrogen (secondary N) is 2. The largest absolute Gasteiger partial charge is 0.454 e. The molecule has 2 aromatic rings. The molecule has 1 aliphatic carbocycles. The van der Waals surface area contributed by atoms with E-state index in [9.17, 15) is 0 Å². The average molecular weight is 357 g/mol. The molecule has 140 valence electrons. The number of hydrogen-bond donors (Lipinski definition) is 2. The topological polar surface area (TPSA) is 68.4 Å². The molecule has 0 unspecified atom stereocenters. The van der Waals surface area contributed by atoms with Crippen molar-refractivity contribution in [3.05, 3.63) is 30.0 Å². The summed E-state index contributed by atoms with van der Waals surface area (Å²) >= 11 is 0. The lowest BCUT2D eigenvalue weighted by Gasteiger charge is -2.28. The average Bonchev–Trinajstić information content (AvgIpc) is 3.31. The molecule has 6 heteroatoms. The van der Waals surface area contributed by atoms with Crippen LogP contribution in [0.1, 0.15) is 38.2 Å². The summed E-state index contributed by atoms with van der Waals surface area (Å²) < 4.78 is 16.9. The number of aromatic nitrogens is 2. The normalized spacial score (nSPS) is 21.9. The van der Waals surface area contributed by atoms with Crippen LogP contribution in [0, 0.1) is 5.92 Å². The maximum atomic E-state index is 6.06. The van der Waals surface area contributed by atoms with Crippen LogP contribution in [0.2, 0.25) is 0 Å². The summed E-state index contributed by atoms with van der Waals surface area (Å²) in [5, 5.41) is 10.8. The second-order valence-corrected chi connectivity index (χ2v) is 7.19. The minimum Gasteiger partial charge on any atom is -0.454 e. The van der Waals surface area contributed by atoms with Crippen LogP contribution in [-0.4, -0.2) is 36.2 Å². The molecule has 0 spiro atoms. The molecule has 1 aromatic carbocycles. The third-order valence-electron chi connectivity index (χ3n) is 5.34. The molecule has 1 saturated carbocycles. The highest BCUT2D eigenvalue weighted by Gasteiger charge is 2.21. The van der Waals surface area contributed by atoms with Crippen LogP contribution in [0.4, 0.5) is 0 Å². The van der Waals surface area contributed by atoms with Crippen molar-refractivity contribution >= 4 is 0 Å². The number of aromatic amines is 1. The highest BCUT2D eigenvalue weighted by Crippen LogP contribution is 2.36. The van der Waals surface area contributed by atoms with Gasteiger partial charge >= 0.3 is 0 Å². The number of H-pyrrole nitrogens is 1. The third-order valence-corrected chi connectivity index (χ3v) is 5.34. The minimum absolute atomic E-state index is 0.287. The molecule has 1 fully saturated rings. The molecular weight excluding hydrogens is 330 g/mol. The van der Waals surface area contributed by atoms with Crippen LogP contribution in [0.25, 0.3) is 11.3 Å². The first-order valence-corrected chi connectivity index (χ1v) is 9.56. The van der Waals surface area contributed by atoms with Gasteiger partial charge in [0.25, 0.3) is 0 Å². The minimum atomic E-state index is 0.287. The Bertz CT molecular complexity index is 731. The summed E-state index contributed by atoms with van der Waals surface area (Å²) in [5.74, 6) is 2.27. The highest BCUT2D eigenvalue weighted by atomic mass is 16.7. The smallest absolute Gasteiger partial charge is 0.231 e. The predicted molar refractivity (Wildman–Crippen MR) is 99.2 cm³/mol. The van der Waals surface area contributed by atoms with Gasteiger partial charge in [-0.2, -0.15) is 5.10 Å². The van der Waals surface area contributed by atoms with E-state index in [1.165, 1.54) is 25.7 Å². The van der Waals surface area contributed by atoms with E-state index in [-0.39, 0.29) is 6.79 Å². The van der Waals surface area contributed by atoms with E-state index in [2.05, 4.69) is 22.4 Å². The molecule has 4 rings (SSSR count). The standard InChI is InChI=1S/C20H27N3O3/c1-14-4-2-3-5-17(14)24-9-8-21-11-16-12-22-23-20(16)15-6-7-18-19(10-15)26-13-25-18/h6-7,10,12,14,17,21H,2-5,8-9,11,13H2,1H3,(H,22,23)/t14-,17+/m0/s1. The number of ether oxygens (including phenoxy) is 3. The summed E-state index contributed by atoms with van der Waals surface area (Å²) in [6, 6.07) is 5.96. The summed E-state index contributed by atoms with van der Waals surface area (Å²) in [6.07, 6.45) is 7.46. The van der Waals surface area contributed by atoms with Gasteiger partial charge in [0.1, 0.15) is 0 Å². The fourth-order valence-electron chi connectivity index (χ4n) is 3.78. The predicted octanol–water partition coefficient (Wildman–Crippen LogP) is 3.49. The first-order chi connectivity index (χ1) is 12.8. The van der Waals surface area contributed by atoms with E-state index in [1.54, 1.807) is 0 Å². The molecule has 2 atom stereocenters. The molecule has 2 N–H and O–H groups in total. The lowest BCUT2D eigenvalue weighted by atomic mass is 9.88. The number of nitrogens with zero attached hydrogens (tertiary/aromatic N) is 1. The Kier molecular flexibility index (Phi) is 5.41. The molecular formula is C20H27N3O3. The van der Waals surface area contributed by atoms with Crippen LogP contribution in [0.5, 0.6) is 11.5 Å². The zero-order valence-electron chi connectivity index (χ0n) is 15.3. The van der Waals surface area contributed by atoms with Gasteiger partial charge in [0.05, 0.1) is 24.6 Å². The third kappa shape index (κ3) is 3.86. The molecule has 0 saturated heterocycles. The summed E-state index contributed by atoms with van der Waals surface area (Å²) in [4.78, 5) is 0. The first kappa shape index (κ1) is 17.4. The molecule has 6 nitrogen and oxygen atoms in total. The molecule has 0 bridgehead atoms. The molecule has 2 heterocycles. The van der Waals surface area contributed by atoms with Gasteiger partial charge in [-0.3, -0.25) is 5.10 Å². The van der Waals surface area contributed by atoms with Crippen molar-refractivity contribution in [2.75, 3.05) is 19.9 Å². The van der Waals surface area contributed by atoms with Gasteiger partial charge in [-0.1, -0.05) is 19.8 Å². The van der Waals surface area contributed by atoms with E-state index in [0.29, 0.717) is 12.0 Å². The Hall–Kier alpha value is -2.05. The molecule has 1 aromatic heterocycles. The molecule has 0 amide bonds. The quantitative estimate of drug-likeness (QED) is 0.743. The van der Waals surface area contributed by atoms with Crippen molar-refractivity contribution < 1.29 is 14.2 Å². The Balaban J connectivity index is 1.28. The van der Waals surface area contributed by atoms with E-state index in [1.807, 2.05) is 24.4 Å². The fraction of sp³-hybridized carbons (Fsp3) is 0.550. The summed E-state index contributed by atoms with van der Waals surface area (Å²) in [6.45, 7) is 4.95. The van der Waals surface area contributed by atoms with Gasteiger partial charge in [0.2, 0.25) is 6.79 Å². The number of benzene rings is 1. The van der Waals surface area contributed by atoms with Crippen molar-refractivity contribution in [2.45, 2.75) is 45.3 Å². The van der Waals surface area contributed by atoms with Gasteiger partial charge in [-0.25, -0.2) is 0 Å². The summed E-state index contributed by atoms with van der Waals surface area (Å²) in [7, 11) is 0. The van der Waals surface area contributed by atoms with Crippen LogP contribution < -0.4 is 14.8 Å². The Morgan fingerprint density at radius 3 is 3.04 bits per heavy atom. The second-order valence-electron chi connectivity index (χ2n) is 7.19. The van der Waals surface area contributed by atoms with Gasteiger partial charge in [-0.05, 0) is 37.0 Å². The fourth-order valence-corrected chi connectivity index (χ4v) is 3.78. The molecule has 0 radical (unpaired) electrons. The summed E-state index contributed by atoms with van der Waals surface area (Å²) in [5.41, 5.74) is 3.20. The monoisotopic (exact) mass is 357 g/mol. The molecule has 1 aliphatic heterocycles. The Labute approximate surface area is 154 Å². The van der Waals surface area contributed by atoms with Gasteiger partial charge in [0, 0.05) is 24.2 Å². The number of hydrogen-bond acceptors (Lipinski definition) is 5. The number of rotatable bonds is 7. The van der Waals surface area contributed by atoms with Crippen molar-refractivity contribution in [1.82, 2.24) is 15.5 Å². The lowest BCUT2D eigenvalue weighted by molar-refractivity contribution is -0.00322. The van der Waals surface area contributed by atoms with Crippen LogP contribution in [0.15, 0.2) is 24.4 Å². The number of fused-ring (bicyclic) bond motifs is 1. The van der Waals surface area contributed by atoms with Gasteiger partial charge in [0.15, 0.2) is 11.5 Å². The first-order valence-electron chi connectivity index (χ1n) is 9.56. The van der Waals surface area contributed by atoms with Crippen LogP contribution in [0.3, 0.4) is 0 Å². The SMILES string of the molecule is C[C@H]1CCCC[C@H]1OCCNCc1cn[nH]c1-c1ccc2c(c1)OCO2. The van der Waals surface area contributed by atoms with Crippen LogP contribution >= 0.6 is 0 Å². The van der Waals surface area contributed by atoms with E-state index >= 15 is 0 Å². The van der Waals surface area contributed by atoms with Crippen molar-refractivity contribution in [3.8, 4) is 22.8 Å². The van der Waals surface area contributed by atoms with Gasteiger partial charge < -0.3 is 19.5 Å². The van der Waals surface area contributed by atoms with Crippen LogP contribution in [-0.2, 0) is 11.3 Å². The van der Waals surface area contributed by atoms with E-state index in [4.69, 9.17) is 14.2 Å². The van der Waals surface area contributed by atoms with Crippen molar-refractivity contribution in [3.63, 3.8) is 0 Å². The van der Waals surface area contributed by atoms with E-state index < -0.39 is 0 Å². The second kappa shape index (κ2) is 8.10. The van der Waals surface area contributed by atoms with E-state index in [0.717, 1.165) is 48.0 Å². The van der Waals surface area contributed by atoms with Gasteiger partial charge in [-0.15, -0.1) is 0 Å². The maximum Gasteiger partial charge on any atom is 0.231 e.